The zero-order valence-corrected chi connectivity index (χ0v) is 19.1. The number of amides is 2. The van der Waals surface area contributed by atoms with Crippen LogP contribution in [0.1, 0.15) is 34.3 Å². The second-order valence-electron chi connectivity index (χ2n) is 7.66. The largest absolute Gasteiger partial charge is 0.496 e. The molecule has 2 aromatic carbocycles. The molecular formula is C24H25N3O6. The predicted molar refractivity (Wildman–Crippen MR) is 121 cm³/mol. The summed E-state index contributed by atoms with van der Waals surface area (Å²) >= 11 is 0. The number of hydrogen-bond acceptors (Lipinski definition) is 7. The van der Waals surface area contributed by atoms with Crippen molar-refractivity contribution in [3.05, 3.63) is 59.0 Å². The molecule has 33 heavy (non-hydrogen) atoms. The van der Waals surface area contributed by atoms with Crippen LogP contribution >= 0.6 is 0 Å². The fourth-order valence-corrected chi connectivity index (χ4v) is 3.80. The maximum atomic E-state index is 13.1. The number of aryl methyl sites for hydroxylation is 2. The molecule has 4 rings (SSSR count). The molecule has 1 aromatic heterocycles. The third-order valence-electron chi connectivity index (χ3n) is 5.58. The van der Waals surface area contributed by atoms with E-state index in [-0.39, 0.29) is 18.0 Å². The predicted octanol–water partition coefficient (Wildman–Crippen LogP) is 3.88. The van der Waals surface area contributed by atoms with E-state index in [1.165, 1.54) is 14.2 Å². The molecule has 1 N–H and O–H groups in total. The van der Waals surface area contributed by atoms with Crippen LogP contribution in [0.15, 0.2) is 40.9 Å². The van der Waals surface area contributed by atoms with Gasteiger partial charge in [-0.3, -0.25) is 9.59 Å². The van der Waals surface area contributed by atoms with E-state index < -0.39 is 12.0 Å². The van der Waals surface area contributed by atoms with Gasteiger partial charge in [-0.2, -0.15) is 0 Å². The van der Waals surface area contributed by atoms with Crippen LogP contribution in [-0.2, 0) is 11.3 Å². The Morgan fingerprint density at radius 2 is 1.85 bits per heavy atom. The fourth-order valence-electron chi connectivity index (χ4n) is 3.80. The second-order valence-corrected chi connectivity index (χ2v) is 7.66. The van der Waals surface area contributed by atoms with Crippen molar-refractivity contribution >= 4 is 23.2 Å². The Bertz CT molecular complexity index is 1180. The van der Waals surface area contributed by atoms with Crippen molar-refractivity contribution in [1.82, 2.24) is 5.16 Å². The molecule has 0 fully saturated rings. The summed E-state index contributed by atoms with van der Waals surface area (Å²) in [6, 6.07) is 10.3. The van der Waals surface area contributed by atoms with E-state index in [1.807, 2.05) is 13.8 Å². The molecule has 1 aliphatic heterocycles. The standard InChI is InChI=1S/C24H25N3O6/c1-13-17(14(2)33-26-13)12-27-18-11-16(9-10-19(18)32-15(3)24(27)29)25-23(28)22-20(30-4)7-6-8-21(22)31-5/h6-11,15H,12H2,1-5H3,(H,25,28). The molecule has 0 spiro atoms. The average molecular weight is 451 g/mol. The van der Waals surface area contributed by atoms with Gasteiger partial charge in [0.15, 0.2) is 6.10 Å². The Kier molecular flexibility index (Phi) is 5.95. The van der Waals surface area contributed by atoms with Gasteiger partial charge in [0.2, 0.25) is 0 Å². The van der Waals surface area contributed by atoms with Gasteiger partial charge in [-0.1, -0.05) is 11.2 Å². The Balaban J connectivity index is 1.68. The summed E-state index contributed by atoms with van der Waals surface area (Å²) in [5.41, 5.74) is 2.85. The molecule has 1 aliphatic rings. The van der Waals surface area contributed by atoms with Crippen LogP contribution in [0.25, 0.3) is 0 Å². The van der Waals surface area contributed by atoms with Gasteiger partial charge in [0.1, 0.15) is 28.6 Å². The van der Waals surface area contributed by atoms with Gasteiger partial charge in [-0.15, -0.1) is 0 Å². The molecule has 1 atom stereocenters. The second kappa shape index (κ2) is 8.85. The Labute approximate surface area is 191 Å². The number of carbonyl (C=O) groups is 2. The number of fused-ring (bicyclic) bond motifs is 1. The first-order valence-electron chi connectivity index (χ1n) is 10.4. The summed E-state index contributed by atoms with van der Waals surface area (Å²) in [5, 5.41) is 6.84. The maximum Gasteiger partial charge on any atom is 0.268 e. The minimum absolute atomic E-state index is 0.197. The van der Waals surface area contributed by atoms with Gasteiger partial charge in [0.25, 0.3) is 11.8 Å². The van der Waals surface area contributed by atoms with E-state index in [9.17, 15) is 9.59 Å². The van der Waals surface area contributed by atoms with Crippen LogP contribution < -0.4 is 24.4 Å². The van der Waals surface area contributed by atoms with Crippen molar-refractivity contribution in [3.63, 3.8) is 0 Å². The molecule has 0 bridgehead atoms. The highest BCUT2D eigenvalue weighted by molar-refractivity contribution is 6.09. The van der Waals surface area contributed by atoms with Crippen LogP contribution in [0.3, 0.4) is 0 Å². The van der Waals surface area contributed by atoms with E-state index in [0.717, 1.165) is 5.56 Å². The Morgan fingerprint density at radius 1 is 1.15 bits per heavy atom. The van der Waals surface area contributed by atoms with Gasteiger partial charge < -0.3 is 29.0 Å². The third-order valence-corrected chi connectivity index (χ3v) is 5.58. The van der Waals surface area contributed by atoms with E-state index in [0.29, 0.717) is 40.1 Å². The lowest BCUT2D eigenvalue weighted by Crippen LogP contribution is -2.44. The quantitative estimate of drug-likeness (QED) is 0.607. The summed E-state index contributed by atoms with van der Waals surface area (Å²) < 4.78 is 21.7. The molecule has 2 heterocycles. The minimum Gasteiger partial charge on any atom is -0.496 e. The summed E-state index contributed by atoms with van der Waals surface area (Å²) in [6.45, 7) is 5.62. The van der Waals surface area contributed by atoms with E-state index in [2.05, 4.69) is 10.5 Å². The number of ether oxygens (including phenoxy) is 3. The maximum absolute atomic E-state index is 13.1. The van der Waals surface area contributed by atoms with Crippen molar-refractivity contribution in [1.29, 1.82) is 0 Å². The van der Waals surface area contributed by atoms with Gasteiger partial charge in [0.05, 0.1) is 32.1 Å². The average Bonchev–Trinajstić information content (AvgIpc) is 3.13. The number of methoxy groups -OCH3 is 2. The molecule has 0 aliphatic carbocycles. The van der Waals surface area contributed by atoms with Crippen LogP contribution in [-0.4, -0.2) is 37.3 Å². The first kappa shape index (κ1) is 22.2. The number of hydrogen-bond donors (Lipinski definition) is 1. The molecule has 3 aromatic rings. The zero-order chi connectivity index (χ0) is 23.7. The lowest BCUT2D eigenvalue weighted by Gasteiger charge is -2.33. The number of anilines is 2. The summed E-state index contributed by atoms with van der Waals surface area (Å²) in [6.07, 6.45) is -0.642. The molecule has 9 nitrogen and oxygen atoms in total. The van der Waals surface area contributed by atoms with Crippen molar-refractivity contribution in [3.8, 4) is 17.2 Å². The van der Waals surface area contributed by atoms with Gasteiger partial charge in [0, 0.05) is 11.3 Å². The summed E-state index contributed by atoms with van der Waals surface area (Å²) in [7, 11) is 2.97. The van der Waals surface area contributed by atoms with Crippen LogP contribution in [0, 0.1) is 13.8 Å². The first-order chi connectivity index (χ1) is 15.8. The number of aromatic nitrogens is 1. The van der Waals surface area contributed by atoms with E-state index in [4.69, 9.17) is 18.7 Å². The lowest BCUT2D eigenvalue weighted by atomic mass is 10.1. The highest BCUT2D eigenvalue weighted by Crippen LogP contribution is 2.38. The number of nitrogens with zero attached hydrogens (tertiary/aromatic N) is 2. The Morgan fingerprint density at radius 3 is 2.45 bits per heavy atom. The topological polar surface area (TPSA) is 103 Å². The molecule has 0 saturated carbocycles. The fraction of sp³-hybridized carbons (Fsp3) is 0.292. The van der Waals surface area contributed by atoms with Crippen LogP contribution in [0.4, 0.5) is 11.4 Å². The number of nitrogens with one attached hydrogen (secondary N) is 1. The molecule has 0 saturated heterocycles. The molecule has 172 valence electrons. The summed E-state index contributed by atoms with van der Waals surface area (Å²) in [4.78, 5) is 27.7. The molecule has 9 heteroatoms. The zero-order valence-electron chi connectivity index (χ0n) is 19.1. The van der Waals surface area contributed by atoms with E-state index in [1.54, 1.807) is 48.2 Å². The highest BCUT2D eigenvalue weighted by atomic mass is 16.5. The molecular weight excluding hydrogens is 426 g/mol. The van der Waals surface area contributed by atoms with Crippen molar-refractivity contribution < 1.29 is 28.3 Å². The third kappa shape index (κ3) is 4.09. The monoisotopic (exact) mass is 451 g/mol. The first-order valence-corrected chi connectivity index (χ1v) is 10.4. The number of benzene rings is 2. The summed E-state index contributed by atoms with van der Waals surface area (Å²) in [5.74, 6) is 1.36. The highest BCUT2D eigenvalue weighted by Gasteiger charge is 2.33. The van der Waals surface area contributed by atoms with Gasteiger partial charge >= 0.3 is 0 Å². The van der Waals surface area contributed by atoms with Crippen molar-refractivity contribution in [2.75, 3.05) is 24.4 Å². The molecule has 1 unspecified atom stereocenters. The lowest BCUT2D eigenvalue weighted by molar-refractivity contribution is -0.125. The number of rotatable bonds is 6. The molecule has 0 radical (unpaired) electrons. The van der Waals surface area contributed by atoms with E-state index >= 15 is 0 Å². The van der Waals surface area contributed by atoms with Crippen LogP contribution in [0.5, 0.6) is 17.2 Å². The normalized spacial score (nSPS) is 15.0. The Hall–Kier alpha value is -4.01. The number of carbonyl (C=O) groups excluding carboxylic acids is 2. The van der Waals surface area contributed by atoms with Crippen LogP contribution in [0.2, 0.25) is 0 Å². The molecule has 2 amide bonds. The van der Waals surface area contributed by atoms with Gasteiger partial charge in [-0.05, 0) is 51.1 Å². The van der Waals surface area contributed by atoms with Gasteiger partial charge in [-0.25, -0.2) is 0 Å². The smallest absolute Gasteiger partial charge is 0.268 e. The minimum atomic E-state index is -0.642. The SMILES string of the molecule is COc1cccc(OC)c1C(=O)Nc1ccc2c(c1)N(Cc1c(C)noc1C)C(=O)C(C)O2. The van der Waals surface area contributed by atoms with Crippen molar-refractivity contribution in [2.24, 2.45) is 0 Å². The van der Waals surface area contributed by atoms with Crippen molar-refractivity contribution in [2.45, 2.75) is 33.4 Å².